The predicted molar refractivity (Wildman–Crippen MR) is 122 cm³/mol. The standard InChI is InChI=1S/C22H35NO5SSi/c1-8-12-22-17(21(9-2,20(3,4)5)28-30(6)7)18(24)23(22)15(19(25)26)16(29-22)14-11-10-13-27-14/h8,14,17,30H,1,9-13H2,2-7H3,(H,25,26)/t14?,17-,21-,22+/m0/s1. The average molecular weight is 454 g/mol. The number of aliphatic carboxylic acids is 1. The molecule has 1 N–H and O–H groups in total. The smallest absolute Gasteiger partial charge is 0.353 e. The van der Waals surface area contributed by atoms with Gasteiger partial charge in [-0.05, 0) is 44.2 Å². The number of thioether (sulfide) groups is 1. The lowest BCUT2D eigenvalue weighted by Gasteiger charge is -2.63. The van der Waals surface area contributed by atoms with Crippen molar-refractivity contribution in [3.63, 3.8) is 0 Å². The molecule has 0 saturated carbocycles. The van der Waals surface area contributed by atoms with E-state index in [2.05, 4.69) is 47.4 Å². The zero-order chi connectivity index (χ0) is 22.5. The quantitative estimate of drug-likeness (QED) is 0.338. The van der Waals surface area contributed by atoms with Gasteiger partial charge in [0.15, 0.2) is 9.04 Å². The average Bonchev–Trinajstić information content (AvgIpc) is 3.24. The third kappa shape index (κ3) is 3.31. The van der Waals surface area contributed by atoms with Crippen LogP contribution in [0.25, 0.3) is 0 Å². The second kappa shape index (κ2) is 8.11. The maximum atomic E-state index is 13.7. The predicted octanol–water partition coefficient (Wildman–Crippen LogP) is 4.13. The Kier molecular flexibility index (Phi) is 6.37. The summed E-state index contributed by atoms with van der Waals surface area (Å²) in [5.41, 5.74) is -0.876. The van der Waals surface area contributed by atoms with Crippen LogP contribution in [0.3, 0.4) is 0 Å². The maximum absolute atomic E-state index is 13.7. The van der Waals surface area contributed by atoms with Crippen molar-refractivity contribution in [2.75, 3.05) is 6.61 Å². The molecule has 3 rings (SSSR count). The van der Waals surface area contributed by atoms with Crippen molar-refractivity contribution < 1.29 is 23.9 Å². The van der Waals surface area contributed by atoms with Crippen molar-refractivity contribution in [2.45, 2.75) is 83.0 Å². The molecular weight excluding hydrogens is 418 g/mol. The van der Waals surface area contributed by atoms with E-state index in [1.54, 1.807) is 6.08 Å². The van der Waals surface area contributed by atoms with Gasteiger partial charge in [0.05, 0.1) is 11.7 Å². The van der Waals surface area contributed by atoms with Crippen molar-refractivity contribution in [1.29, 1.82) is 0 Å². The van der Waals surface area contributed by atoms with E-state index in [0.717, 1.165) is 12.8 Å². The van der Waals surface area contributed by atoms with Crippen LogP contribution < -0.4 is 0 Å². The van der Waals surface area contributed by atoms with Crippen molar-refractivity contribution in [1.82, 2.24) is 4.90 Å². The molecule has 0 bridgehead atoms. The number of β-lactam (4-membered cyclic amide) rings is 1. The fourth-order valence-electron chi connectivity index (χ4n) is 5.47. The van der Waals surface area contributed by atoms with Crippen molar-refractivity contribution in [3.8, 4) is 0 Å². The van der Waals surface area contributed by atoms with Crippen LogP contribution in [-0.4, -0.2) is 54.1 Å². The van der Waals surface area contributed by atoms with Crippen LogP contribution in [0.2, 0.25) is 13.1 Å². The molecule has 30 heavy (non-hydrogen) atoms. The van der Waals surface area contributed by atoms with Gasteiger partial charge < -0.3 is 14.3 Å². The Morgan fingerprint density at radius 3 is 2.57 bits per heavy atom. The van der Waals surface area contributed by atoms with E-state index in [9.17, 15) is 14.7 Å². The first-order valence-electron chi connectivity index (χ1n) is 10.9. The molecule has 0 aromatic carbocycles. The van der Waals surface area contributed by atoms with Gasteiger partial charge in [0, 0.05) is 11.5 Å². The Morgan fingerprint density at radius 2 is 2.13 bits per heavy atom. The first-order chi connectivity index (χ1) is 14.0. The molecule has 168 valence electrons. The van der Waals surface area contributed by atoms with Gasteiger partial charge in [-0.3, -0.25) is 9.69 Å². The molecule has 3 aliphatic heterocycles. The summed E-state index contributed by atoms with van der Waals surface area (Å²) in [6.45, 7) is 17.2. The molecule has 6 nitrogen and oxygen atoms in total. The number of rotatable bonds is 8. The third-order valence-electron chi connectivity index (χ3n) is 6.61. The Balaban J connectivity index is 2.15. The van der Waals surface area contributed by atoms with E-state index in [-0.39, 0.29) is 23.1 Å². The molecule has 3 aliphatic rings. The minimum atomic E-state index is -1.50. The summed E-state index contributed by atoms with van der Waals surface area (Å²) in [6, 6.07) is 0. The van der Waals surface area contributed by atoms with Gasteiger partial charge in [-0.25, -0.2) is 4.79 Å². The topological polar surface area (TPSA) is 76.1 Å². The van der Waals surface area contributed by atoms with Gasteiger partial charge in [-0.1, -0.05) is 45.5 Å². The fourth-order valence-corrected chi connectivity index (χ4v) is 8.82. The summed E-state index contributed by atoms with van der Waals surface area (Å²) < 4.78 is 12.6. The van der Waals surface area contributed by atoms with Crippen molar-refractivity contribution >= 4 is 32.7 Å². The first-order valence-corrected chi connectivity index (χ1v) is 14.5. The minimum absolute atomic E-state index is 0.0932. The Hall–Kier alpha value is -1.09. The number of hydrogen-bond donors (Lipinski definition) is 1. The summed E-state index contributed by atoms with van der Waals surface area (Å²) in [7, 11) is -1.50. The second-order valence-electron chi connectivity index (χ2n) is 9.73. The van der Waals surface area contributed by atoms with Crippen LogP contribution >= 0.6 is 11.8 Å². The lowest BCUT2D eigenvalue weighted by atomic mass is 9.60. The van der Waals surface area contributed by atoms with Crippen LogP contribution in [0, 0.1) is 11.3 Å². The summed E-state index contributed by atoms with van der Waals surface area (Å²) in [4.78, 5) is 27.5. The van der Waals surface area contributed by atoms with Gasteiger partial charge in [0.1, 0.15) is 16.5 Å². The minimum Gasteiger partial charge on any atom is -0.477 e. The number of ether oxygens (including phenoxy) is 1. The Morgan fingerprint density at radius 1 is 1.47 bits per heavy atom. The number of amides is 1. The molecular formula is C22H35NO5SSi. The highest BCUT2D eigenvalue weighted by Crippen LogP contribution is 2.66. The molecule has 0 aromatic heterocycles. The molecule has 0 aliphatic carbocycles. The largest absolute Gasteiger partial charge is 0.477 e. The fraction of sp³-hybridized carbons (Fsp3) is 0.727. The molecule has 2 fully saturated rings. The summed E-state index contributed by atoms with van der Waals surface area (Å²) in [5.74, 6) is -1.66. The molecule has 0 spiro atoms. The zero-order valence-corrected chi connectivity index (χ0v) is 21.0. The monoisotopic (exact) mass is 453 g/mol. The number of fused-ring (bicyclic) bond motifs is 1. The number of hydrogen-bond acceptors (Lipinski definition) is 5. The number of carboxylic acids is 1. The maximum Gasteiger partial charge on any atom is 0.353 e. The van der Waals surface area contributed by atoms with E-state index in [4.69, 9.17) is 9.16 Å². The molecule has 8 heteroatoms. The lowest BCUT2D eigenvalue weighted by molar-refractivity contribution is -0.191. The molecule has 2 saturated heterocycles. The van der Waals surface area contributed by atoms with E-state index < -0.39 is 31.4 Å². The SMILES string of the molecule is C=CC[C@]12SC(C3CCCO3)=C(C(=O)O)N1C(=O)[C@H]2[C@](CC)(O[SiH](C)C)C(C)(C)C. The van der Waals surface area contributed by atoms with Gasteiger partial charge in [0.2, 0.25) is 5.91 Å². The molecule has 0 aromatic rings. The van der Waals surface area contributed by atoms with E-state index in [1.807, 2.05) is 0 Å². The van der Waals surface area contributed by atoms with Crippen LogP contribution in [0.5, 0.6) is 0 Å². The van der Waals surface area contributed by atoms with Gasteiger partial charge in [-0.15, -0.1) is 6.58 Å². The zero-order valence-electron chi connectivity index (χ0n) is 19.0. The number of carbonyl (C=O) groups is 2. The van der Waals surface area contributed by atoms with E-state index in [1.165, 1.54) is 16.7 Å². The summed E-state index contributed by atoms with van der Waals surface area (Å²) >= 11 is 1.51. The van der Waals surface area contributed by atoms with Gasteiger partial charge in [0.25, 0.3) is 0 Å². The highest BCUT2D eigenvalue weighted by atomic mass is 32.2. The number of nitrogens with zero attached hydrogens (tertiary/aromatic N) is 1. The van der Waals surface area contributed by atoms with Crippen LogP contribution in [-0.2, 0) is 18.8 Å². The van der Waals surface area contributed by atoms with Gasteiger partial charge >= 0.3 is 5.97 Å². The number of carboxylic acid groups (broad SMARTS) is 1. The first kappa shape index (κ1) is 23.6. The highest BCUT2D eigenvalue weighted by molar-refractivity contribution is 8.04. The third-order valence-corrected chi connectivity index (χ3v) is 9.12. The molecule has 1 amide bonds. The van der Waals surface area contributed by atoms with Crippen molar-refractivity contribution in [2.24, 2.45) is 11.3 Å². The molecule has 4 atom stereocenters. The van der Waals surface area contributed by atoms with Crippen LogP contribution in [0.1, 0.15) is 53.4 Å². The Bertz CT molecular complexity index is 770. The van der Waals surface area contributed by atoms with Crippen LogP contribution in [0.15, 0.2) is 23.3 Å². The molecule has 0 radical (unpaired) electrons. The highest BCUT2D eigenvalue weighted by Gasteiger charge is 2.74. The lowest BCUT2D eigenvalue weighted by Crippen LogP contribution is -2.76. The second-order valence-corrected chi connectivity index (χ2v) is 13.4. The van der Waals surface area contributed by atoms with Crippen molar-refractivity contribution in [3.05, 3.63) is 23.3 Å². The Labute approximate surface area is 185 Å². The number of carbonyl (C=O) groups excluding carboxylic acids is 1. The normalized spacial score (nSPS) is 31.0. The molecule has 3 heterocycles. The van der Waals surface area contributed by atoms with Crippen LogP contribution in [0.4, 0.5) is 0 Å². The molecule has 1 unspecified atom stereocenters. The summed E-state index contributed by atoms with van der Waals surface area (Å²) in [6.07, 6.45) is 4.41. The van der Waals surface area contributed by atoms with E-state index in [0.29, 0.717) is 24.4 Å². The van der Waals surface area contributed by atoms with Gasteiger partial charge in [-0.2, -0.15) is 0 Å². The van der Waals surface area contributed by atoms with E-state index >= 15 is 0 Å². The summed E-state index contributed by atoms with van der Waals surface area (Å²) in [5, 5.41) is 10.0.